The maximum atomic E-state index is 10.7. The standard InChI is InChI=1S/C12H21N3O3/c1-8(2)5-11-13-10(14-18-11)7-15(4)6-9(3)12(16)17/h8-9H,5-7H2,1-4H3,(H,16,17). The second kappa shape index (κ2) is 6.49. The van der Waals surface area contributed by atoms with Crippen LogP contribution in [0.15, 0.2) is 4.52 Å². The fourth-order valence-electron chi connectivity index (χ4n) is 1.64. The van der Waals surface area contributed by atoms with E-state index < -0.39 is 11.9 Å². The minimum atomic E-state index is -0.796. The van der Waals surface area contributed by atoms with Crippen LogP contribution >= 0.6 is 0 Å². The summed E-state index contributed by atoms with van der Waals surface area (Å²) >= 11 is 0. The first-order chi connectivity index (χ1) is 8.38. The molecule has 1 unspecified atom stereocenters. The number of aromatic nitrogens is 2. The molecule has 6 nitrogen and oxygen atoms in total. The van der Waals surface area contributed by atoms with E-state index in [0.717, 1.165) is 6.42 Å². The Morgan fingerprint density at radius 2 is 2.11 bits per heavy atom. The molecule has 0 saturated heterocycles. The van der Waals surface area contributed by atoms with Gasteiger partial charge in [-0.1, -0.05) is 25.9 Å². The molecule has 102 valence electrons. The number of aliphatic carboxylic acids is 1. The maximum Gasteiger partial charge on any atom is 0.307 e. The maximum absolute atomic E-state index is 10.7. The third kappa shape index (κ3) is 4.83. The van der Waals surface area contributed by atoms with E-state index in [-0.39, 0.29) is 0 Å². The van der Waals surface area contributed by atoms with Gasteiger partial charge >= 0.3 is 5.97 Å². The van der Waals surface area contributed by atoms with Gasteiger partial charge < -0.3 is 9.63 Å². The minimum absolute atomic E-state index is 0.406. The largest absolute Gasteiger partial charge is 0.481 e. The summed E-state index contributed by atoms with van der Waals surface area (Å²) in [5, 5.41) is 12.7. The molecular formula is C12H21N3O3. The van der Waals surface area contributed by atoms with Crippen LogP contribution in [-0.2, 0) is 17.8 Å². The zero-order valence-corrected chi connectivity index (χ0v) is 11.4. The van der Waals surface area contributed by atoms with E-state index >= 15 is 0 Å². The first-order valence-electron chi connectivity index (χ1n) is 6.11. The summed E-state index contributed by atoms with van der Waals surface area (Å²) in [7, 11) is 1.85. The van der Waals surface area contributed by atoms with Crippen molar-refractivity contribution in [3.8, 4) is 0 Å². The summed E-state index contributed by atoms with van der Waals surface area (Å²) in [5.74, 6) is 0.515. The third-order valence-electron chi connectivity index (χ3n) is 2.51. The van der Waals surface area contributed by atoms with Crippen LogP contribution in [0.5, 0.6) is 0 Å². The van der Waals surface area contributed by atoms with E-state index in [2.05, 4.69) is 24.0 Å². The Bertz CT molecular complexity index is 390. The molecule has 0 fully saturated rings. The number of hydrogen-bond acceptors (Lipinski definition) is 5. The molecule has 1 rings (SSSR count). The lowest BCUT2D eigenvalue weighted by Gasteiger charge is -2.16. The molecule has 0 aliphatic rings. The van der Waals surface area contributed by atoms with Gasteiger partial charge in [-0.05, 0) is 13.0 Å². The Morgan fingerprint density at radius 1 is 1.44 bits per heavy atom. The summed E-state index contributed by atoms with van der Waals surface area (Å²) in [4.78, 5) is 16.9. The second-order valence-electron chi connectivity index (χ2n) is 5.14. The first kappa shape index (κ1) is 14.6. The van der Waals surface area contributed by atoms with Crippen molar-refractivity contribution in [1.29, 1.82) is 0 Å². The molecule has 0 saturated carbocycles. The van der Waals surface area contributed by atoms with Gasteiger partial charge in [0.1, 0.15) is 0 Å². The molecule has 1 N–H and O–H groups in total. The van der Waals surface area contributed by atoms with Crippen molar-refractivity contribution in [3.05, 3.63) is 11.7 Å². The van der Waals surface area contributed by atoms with Crippen molar-refractivity contribution in [1.82, 2.24) is 15.0 Å². The van der Waals surface area contributed by atoms with Crippen molar-refractivity contribution in [2.75, 3.05) is 13.6 Å². The Kier molecular flexibility index (Phi) is 5.27. The molecule has 0 aliphatic carbocycles. The van der Waals surface area contributed by atoms with Gasteiger partial charge in [-0.2, -0.15) is 4.98 Å². The molecule has 1 aromatic rings. The third-order valence-corrected chi connectivity index (χ3v) is 2.51. The predicted molar refractivity (Wildman–Crippen MR) is 66.0 cm³/mol. The van der Waals surface area contributed by atoms with Gasteiger partial charge in [0.05, 0.1) is 12.5 Å². The van der Waals surface area contributed by atoms with Crippen LogP contribution in [0.4, 0.5) is 0 Å². The van der Waals surface area contributed by atoms with Crippen LogP contribution in [0.3, 0.4) is 0 Å². The minimum Gasteiger partial charge on any atom is -0.481 e. The predicted octanol–water partition coefficient (Wildman–Crippen LogP) is 1.42. The van der Waals surface area contributed by atoms with Gasteiger partial charge in [-0.3, -0.25) is 9.69 Å². The van der Waals surface area contributed by atoms with Gasteiger partial charge in [-0.15, -0.1) is 0 Å². The lowest BCUT2D eigenvalue weighted by Crippen LogP contribution is -2.28. The smallest absolute Gasteiger partial charge is 0.307 e. The molecule has 1 heterocycles. The highest BCUT2D eigenvalue weighted by molar-refractivity contribution is 5.69. The van der Waals surface area contributed by atoms with Gasteiger partial charge in [0.2, 0.25) is 5.89 Å². The average Bonchev–Trinajstić information content (AvgIpc) is 2.63. The molecule has 18 heavy (non-hydrogen) atoms. The van der Waals surface area contributed by atoms with E-state index in [1.54, 1.807) is 6.92 Å². The number of nitrogens with zero attached hydrogens (tertiary/aromatic N) is 3. The SMILES string of the molecule is CC(C)Cc1nc(CN(C)CC(C)C(=O)O)no1. The highest BCUT2D eigenvalue weighted by Gasteiger charge is 2.15. The monoisotopic (exact) mass is 255 g/mol. The highest BCUT2D eigenvalue weighted by atomic mass is 16.5. The topological polar surface area (TPSA) is 79.5 Å². The lowest BCUT2D eigenvalue weighted by molar-refractivity contribution is -0.141. The normalized spacial score (nSPS) is 13.2. The summed E-state index contributed by atoms with van der Waals surface area (Å²) in [6.45, 7) is 6.82. The number of hydrogen-bond donors (Lipinski definition) is 1. The van der Waals surface area contributed by atoms with E-state index in [4.69, 9.17) is 9.63 Å². The van der Waals surface area contributed by atoms with Crippen molar-refractivity contribution < 1.29 is 14.4 Å². The molecule has 0 bridgehead atoms. The van der Waals surface area contributed by atoms with Crippen LogP contribution in [0.25, 0.3) is 0 Å². The average molecular weight is 255 g/mol. The number of carboxylic acid groups (broad SMARTS) is 1. The molecule has 0 aromatic carbocycles. The van der Waals surface area contributed by atoms with Crippen LogP contribution in [0.2, 0.25) is 0 Å². The van der Waals surface area contributed by atoms with Gasteiger partial charge in [0, 0.05) is 13.0 Å². The summed E-state index contributed by atoms with van der Waals surface area (Å²) in [6.07, 6.45) is 0.766. The van der Waals surface area contributed by atoms with Crippen molar-refractivity contribution >= 4 is 5.97 Å². The molecule has 1 aromatic heterocycles. The van der Waals surface area contributed by atoms with Crippen LogP contribution in [-0.4, -0.2) is 39.7 Å². The van der Waals surface area contributed by atoms with E-state index in [0.29, 0.717) is 30.7 Å². The quantitative estimate of drug-likeness (QED) is 0.793. The molecule has 0 aliphatic heterocycles. The van der Waals surface area contributed by atoms with Crippen LogP contribution in [0.1, 0.15) is 32.5 Å². The number of carboxylic acids is 1. The lowest BCUT2D eigenvalue weighted by atomic mass is 10.1. The molecule has 0 amide bonds. The highest BCUT2D eigenvalue weighted by Crippen LogP contribution is 2.07. The van der Waals surface area contributed by atoms with E-state index in [1.165, 1.54) is 0 Å². The van der Waals surface area contributed by atoms with Gasteiger partial charge in [0.15, 0.2) is 5.82 Å². The Balaban J connectivity index is 2.46. The summed E-state index contributed by atoms with van der Waals surface area (Å²) < 4.78 is 5.12. The molecule has 0 radical (unpaired) electrons. The number of rotatable bonds is 7. The zero-order valence-electron chi connectivity index (χ0n) is 11.4. The van der Waals surface area contributed by atoms with Crippen LogP contribution < -0.4 is 0 Å². The van der Waals surface area contributed by atoms with Crippen molar-refractivity contribution in [2.45, 2.75) is 33.7 Å². The molecule has 6 heteroatoms. The Morgan fingerprint density at radius 3 is 2.67 bits per heavy atom. The van der Waals surface area contributed by atoms with Crippen molar-refractivity contribution in [3.63, 3.8) is 0 Å². The zero-order chi connectivity index (χ0) is 13.7. The van der Waals surface area contributed by atoms with E-state index in [1.807, 2.05) is 11.9 Å². The fourth-order valence-corrected chi connectivity index (χ4v) is 1.64. The second-order valence-corrected chi connectivity index (χ2v) is 5.14. The molecule has 0 spiro atoms. The first-order valence-corrected chi connectivity index (χ1v) is 6.11. The Labute approximate surface area is 107 Å². The Hall–Kier alpha value is -1.43. The van der Waals surface area contributed by atoms with Crippen molar-refractivity contribution in [2.24, 2.45) is 11.8 Å². The summed E-state index contributed by atoms with van der Waals surface area (Å²) in [5.41, 5.74) is 0. The van der Waals surface area contributed by atoms with Crippen LogP contribution in [0, 0.1) is 11.8 Å². The van der Waals surface area contributed by atoms with E-state index in [9.17, 15) is 4.79 Å². The number of carbonyl (C=O) groups is 1. The summed E-state index contributed by atoms with van der Waals surface area (Å²) in [6, 6.07) is 0. The van der Waals surface area contributed by atoms with Gasteiger partial charge in [0.25, 0.3) is 0 Å². The van der Waals surface area contributed by atoms with Gasteiger partial charge in [-0.25, -0.2) is 0 Å². The fraction of sp³-hybridized carbons (Fsp3) is 0.750. The molecule has 1 atom stereocenters. The molecular weight excluding hydrogens is 234 g/mol.